The Kier molecular flexibility index (Phi) is 5.26. The predicted molar refractivity (Wildman–Crippen MR) is 107 cm³/mol. The Morgan fingerprint density at radius 2 is 2.03 bits per heavy atom. The van der Waals surface area contributed by atoms with Crippen LogP contribution in [0.2, 0.25) is 0 Å². The van der Waals surface area contributed by atoms with Crippen LogP contribution in [-0.4, -0.2) is 46.5 Å². The van der Waals surface area contributed by atoms with Crippen LogP contribution in [0.4, 0.5) is 8.78 Å². The molecule has 0 bridgehead atoms. The van der Waals surface area contributed by atoms with Crippen molar-refractivity contribution in [1.82, 2.24) is 20.1 Å². The molecule has 164 valence electrons. The number of likely N-dealkylation sites (N-methyl/N-ethyl adjacent to an activating group) is 1. The smallest absolute Gasteiger partial charge is 0.274 e. The number of hydrogen-bond donors (Lipinski definition) is 3. The van der Waals surface area contributed by atoms with Crippen LogP contribution >= 0.6 is 0 Å². The average Bonchev–Trinajstić information content (AvgIpc) is 3.10. The number of benzene rings is 1. The van der Waals surface area contributed by atoms with Gasteiger partial charge in [-0.05, 0) is 26.5 Å². The third-order valence-electron chi connectivity index (χ3n) is 5.96. The molecule has 2 aliphatic rings. The number of pyridine rings is 1. The summed E-state index contributed by atoms with van der Waals surface area (Å²) in [4.78, 5) is 40.3. The van der Waals surface area contributed by atoms with Crippen LogP contribution in [-0.2, 0) is 6.54 Å². The van der Waals surface area contributed by atoms with Crippen molar-refractivity contribution < 1.29 is 23.5 Å². The number of nitrogens with one attached hydrogen (secondary N) is 2. The Balaban J connectivity index is 1.77. The topological polar surface area (TPSA) is 104 Å². The Morgan fingerprint density at radius 3 is 2.68 bits per heavy atom. The SMILES string of the molecule is CCN1C[C@H]2C[C@H](NC)c3c(C(=O)NCc4ccc(F)cc4F)c(=O)c(O)c(n32)C1=O. The van der Waals surface area contributed by atoms with Crippen LogP contribution in [0.3, 0.4) is 0 Å². The molecule has 3 N–H and O–H groups in total. The van der Waals surface area contributed by atoms with Crippen molar-refractivity contribution in [2.75, 3.05) is 20.1 Å². The monoisotopic (exact) mass is 432 g/mol. The number of aromatic hydroxyl groups is 1. The minimum atomic E-state index is -0.953. The Bertz CT molecular complexity index is 1150. The van der Waals surface area contributed by atoms with E-state index in [-0.39, 0.29) is 35.4 Å². The molecule has 0 unspecified atom stereocenters. The Morgan fingerprint density at radius 1 is 1.29 bits per heavy atom. The summed E-state index contributed by atoms with van der Waals surface area (Å²) < 4.78 is 28.6. The normalized spacial score (nSPS) is 19.5. The molecule has 0 aliphatic carbocycles. The molecule has 2 amide bonds. The lowest BCUT2D eigenvalue weighted by Crippen LogP contribution is -2.44. The number of nitrogens with zero attached hydrogens (tertiary/aromatic N) is 2. The van der Waals surface area contributed by atoms with Crippen molar-refractivity contribution in [3.05, 3.63) is 62.6 Å². The van der Waals surface area contributed by atoms with Gasteiger partial charge < -0.3 is 25.2 Å². The van der Waals surface area contributed by atoms with Crippen LogP contribution in [0.25, 0.3) is 0 Å². The molecular weight excluding hydrogens is 410 g/mol. The van der Waals surface area contributed by atoms with Gasteiger partial charge in [-0.2, -0.15) is 0 Å². The fraction of sp³-hybridized carbons (Fsp3) is 0.381. The first-order valence-electron chi connectivity index (χ1n) is 9.98. The van der Waals surface area contributed by atoms with Gasteiger partial charge in [-0.25, -0.2) is 8.78 Å². The highest BCUT2D eigenvalue weighted by molar-refractivity contribution is 6.00. The number of carbonyl (C=O) groups is 2. The molecule has 2 atom stereocenters. The molecule has 1 aromatic carbocycles. The summed E-state index contributed by atoms with van der Waals surface area (Å²) in [5.41, 5.74) is -0.984. The summed E-state index contributed by atoms with van der Waals surface area (Å²) in [5, 5.41) is 16.1. The molecule has 0 spiro atoms. The van der Waals surface area contributed by atoms with E-state index in [1.165, 1.54) is 6.07 Å². The number of aromatic nitrogens is 1. The first-order valence-corrected chi connectivity index (χ1v) is 9.98. The number of rotatable bonds is 5. The highest BCUT2D eigenvalue weighted by atomic mass is 19.1. The molecule has 2 aliphatic heterocycles. The minimum absolute atomic E-state index is 0.0465. The molecule has 31 heavy (non-hydrogen) atoms. The molecule has 0 radical (unpaired) electrons. The highest BCUT2D eigenvalue weighted by Gasteiger charge is 2.44. The Hall–Kier alpha value is -3.27. The fourth-order valence-electron chi connectivity index (χ4n) is 4.43. The van der Waals surface area contributed by atoms with Gasteiger partial charge in [0, 0.05) is 31.3 Å². The van der Waals surface area contributed by atoms with E-state index in [4.69, 9.17) is 0 Å². The second kappa shape index (κ2) is 7.77. The van der Waals surface area contributed by atoms with E-state index in [2.05, 4.69) is 10.6 Å². The fourth-order valence-corrected chi connectivity index (χ4v) is 4.43. The number of halogens is 2. The number of carbonyl (C=O) groups excluding carboxylic acids is 2. The van der Waals surface area contributed by atoms with Crippen molar-refractivity contribution >= 4 is 11.8 Å². The molecule has 10 heteroatoms. The Labute approximate surface area is 176 Å². The van der Waals surface area contributed by atoms with Crippen molar-refractivity contribution in [1.29, 1.82) is 0 Å². The van der Waals surface area contributed by atoms with E-state index < -0.39 is 34.6 Å². The third-order valence-corrected chi connectivity index (χ3v) is 5.96. The number of amides is 2. The maximum atomic E-state index is 13.9. The molecule has 4 rings (SSSR count). The lowest BCUT2D eigenvalue weighted by Gasteiger charge is -2.33. The van der Waals surface area contributed by atoms with Gasteiger partial charge in [-0.15, -0.1) is 0 Å². The zero-order valence-corrected chi connectivity index (χ0v) is 17.0. The molecule has 0 saturated carbocycles. The zero-order valence-electron chi connectivity index (χ0n) is 17.0. The highest BCUT2D eigenvalue weighted by Crippen LogP contribution is 2.41. The molecule has 0 fully saturated rings. The molecule has 1 aromatic heterocycles. The van der Waals surface area contributed by atoms with Crippen LogP contribution in [0.15, 0.2) is 23.0 Å². The van der Waals surface area contributed by atoms with Gasteiger partial charge in [-0.1, -0.05) is 6.07 Å². The van der Waals surface area contributed by atoms with Gasteiger partial charge in [0.25, 0.3) is 11.8 Å². The van der Waals surface area contributed by atoms with E-state index in [0.717, 1.165) is 6.07 Å². The summed E-state index contributed by atoms with van der Waals surface area (Å²) in [6.45, 7) is 2.36. The first kappa shape index (κ1) is 21.0. The molecule has 3 heterocycles. The van der Waals surface area contributed by atoms with Gasteiger partial charge in [-0.3, -0.25) is 14.4 Å². The quantitative estimate of drug-likeness (QED) is 0.664. The van der Waals surface area contributed by atoms with E-state index in [0.29, 0.717) is 31.3 Å². The van der Waals surface area contributed by atoms with Crippen molar-refractivity contribution in [2.45, 2.75) is 32.0 Å². The second-order valence-corrected chi connectivity index (χ2v) is 7.65. The van der Waals surface area contributed by atoms with Crippen molar-refractivity contribution in [2.24, 2.45) is 0 Å². The van der Waals surface area contributed by atoms with Gasteiger partial charge in [0.1, 0.15) is 17.2 Å². The van der Waals surface area contributed by atoms with Gasteiger partial charge in [0.2, 0.25) is 5.43 Å². The standard InChI is InChI=1S/C21H22F2N4O4/c1-3-26-9-12-7-14(24-2)16-15(18(28)19(29)17(21(26)31)27(12)16)20(30)25-8-10-4-5-11(22)6-13(10)23/h4-6,12,14,24,29H,3,7-9H2,1-2H3,(H,25,30)/t12-,14+/m1/s1. The summed E-state index contributed by atoms with van der Waals surface area (Å²) in [6.07, 6.45) is 0.531. The van der Waals surface area contributed by atoms with Crippen LogP contribution in [0.1, 0.15) is 57.5 Å². The lowest BCUT2D eigenvalue weighted by molar-refractivity contribution is 0.0675. The summed E-state index contributed by atoms with van der Waals surface area (Å²) in [5.74, 6) is -3.61. The summed E-state index contributed by atoms with van der Waals surface area (Å²) in [7, 11) is 1.68. The zero-order chi connectivity index (χ0) is 22.4. The molecule has 2 aromatic rings. The average molecular weight is 432 g/mol. The van der Waals surface area contributed by atoms with Gasteiger partial charge >= 0.3 is 0 Å². The summed E-state index contributed by atoms with van der Waals surface area (Å²) in [6, 6.07) is 2.38. The van der Waals surface area contributed by atoms with Crippen LogP contribution < -0.4 is 16.1 Å². The van der Waals surface area contributed by atoms with E-state index >= 15 is 0 Å². The maximum Gasteiger partial charge on any atom is 0.274 e. The predicted octanol–water partition coefficient (Wildman–Crippen LogP) is 1.44. The largest absolute Gasteiger partial charge is 0.503 e. The van der Waals surface area contributed by atoms with Gasteiger partial charge in [0.15, 0.2) is 11.4 Å². The molecular formula is C21H22F2N4O4. The van der Waals surface area contributed by atoms with Crippen LogP contribution in [0, 0.1) is 11.6 Å². The lowest BCUT2D eigenvalue weighted by atomic mass is 10.0. The third kappa shape index (κ3) is 3.27. The first-order chi connectivity index (χ1) is 14.8. The van der Waals surface area contributed by atoms with Crippen molar-refractivity contribution in [3.63, 3.8) is 0 Å². The summed E-state index contributed by atoms with van der Waals surface area (Å²) >= 11 is 0. The second-order valence-electron chi connectivity index (χ2n) is 7.65. The van der Waals surface area contributed by atoms with Crippen LogP contribution in [0.5, 0.6) is 5.75 Å². The van der Waals surface area contributed by atoms with Crippen molar-refractivity contribution in [3.8, 4) is 5.75 Å². The van der Waals surface area contributed by atoms with E-state index in [9.17, 15) is 28.3 Å². The molecule has 0 saturated heterocycles. The number of hydrogen-bond acceptors (Lipinski definition) is 5. The minimum Gasteiger partial charge on any atom is -0.503 e. The maximum absolute atomic E-state index is 13.9. The van der Waals surface area contributed by atoms with E-state index in [1.54, 1.807) is 16.5 Å². The van der Waals surface area contributed by atoms with Gasteiger partial charge in [0.05, 0.1) is 17.8 Å². The van der Waals surface area contributed by atoms with E-state index in [1.807, 2.05) is 6.92 Å². The molecule has 8 nitrogen and oxygen atoms in total.